The summed E-state index contributed by atoms with van der Waals surface area (Å²) in [6.45, 7) is 3.74. The molecule has 3 aromatic carbocycles. The molecular formula is C61H74N8O20S. The summed E-state index contributed by atoms with van der Waals surface area (Å²) < 4.78 is 70.6. The lowest BCUT2D eigenvalue weighted by molar-refractivity contribution is -0.269. The predicted octanol–water partition coefficient (Wildman–Crippen LogP) is 0.121. The normalized spacial score (nSPS) is 26.7. The van der Waals surface area contributed by atoms with Crippen LogP contribution in [0.25, 0.3) is 0 Å². The van der Waals surface area contributed by atoms with Crippen molar-refractivity contribution in [3.8, 4) is 29.1 Å². The first-order chi connectivity index (χ1) is 43.0. The van der Waals surface area contributed by atoms with Crippen molar-refractivity contribution in [2.24, 2.45) is 17.8 Å². The van der Waals surface area contributed by atoms with Gasteiger partial charge in [0.1, 0.15) is 35.0 Å². The standard InChI is InChI=1S/C61H74N8O20S/c1-31(2)86-58-57-69(21-22-84-58)40-24-46(87-32(3)55(40)89-57)88-42-26-61(80,25-37-48(42)54(76)50-49(52(37)74)51(73)36-17-12-18-41(83-4)47(36)53(50)75)59(78)63-20-19-62-43(70)27-65-56(77)39(23-33-13-8-7-9-14-33)67-45(72)28-64-44(71)29-66-90(81,82)68-60(79)85-30-38-34-15-10-5-6-11-16-35(34)38/h7-9,12-14,17-18,31-32,34-35,38-40,42,46,55,57-58,66,74,76,80H,10-11,15-16,19-30H2,1-4H3,(H,62,70)(H,63,78)(H,64,71)(H,65,77)(H,67,72)(H,68,79)/t32-,34-,35+,38?,39-,40-,42-,46-,55+,57+,58+,61-/m0/s1. The van der Waals surface area contributed by atoms with E-state index >= 15 is 0 Å². The van der Waals surface area contributed by atoms with Crippen LogP contribution >= 0.6 is 0 Å². The molecule has 3 aromatic rings. The Morgan fingerprint density at radius 1 is 0.833 bits per heavy atom. The monoisotopic (exact) mass is 1270 g/mol. The second-order valence-electron chi connectivity index (χ2n) is 23.5. The lowest BCUT2D eigenvalue weighted by Gasteiger charge is -2.43. The Labute approximate surface area is 518 Å². The van der Waals surface area contributed by atoms with Crippen molar-refractivity contribution in [2.45, 2.75) is 133 Å². The van der Waals surface area contributed by atoms with Crippen molar-refractivity contribution in [1.82, 2.24) is 40.9 Å². The molecule has 0 spiro atoms. The number of methoxy groups -OCH3 is 1. The maximum Gasteiger partial charge on any atom is 0.421 e. The number of carbonyl (C=O) groups is 8. The third-order valence-electron chi connectivity index (χ3n) is 17.2. The van der Waals surface area contributed by atoms with Gasteiger partial charge in [-0.1, -0.05) is 42.5 Å². The van der Waals surface area contributed by atoms with E-state index in [1.54, 1.807) is 42.0 Å². The van der Waals surface area contributed by atoms with Crippen molar-refractivity contribution in [3.63, 3.8) is 0 Å². The number of hydrogen-bond acceptors (Lipinski definition) is 21. The lowest BCUT2D eigenvalue weighted by atomic mass is 9.72. The molecule has 1 unspecified atom stereocenters. The number of aromatic hydroxyl groups is 2. The van der Waals surface area contributed by atoms with Gasteiger partial charge in [-0.25, -0.2) is 9.52 Å². The number of phenols is 2. The summed E-state index contributed by atoms with van der Waals surface area (Å²) >= 11 is 0. The van der Waals surface area contributed by atoms with Gasteiger partial charge in [0.05, 0.1) is 75.0 Å². The Hall–Kier alpha value is -7.79. The maximum atomic E-state index is 14.3. The molecule has 90 heavy (non-hydrogen) atoms. The minimum atomic E-state index is -4.54. The van der Waals surface area contributed by atoms with Crippen molar-refractivity contribution in [2.75, 3.05) is 59.6 Å². The average Bonchev–Trinajstić information content (AvgIpc) is 1.13. The van der Waals surface area contributed by atoms with Gasteiger partial charge in [0, 0.05) is 80.9 Å². The number of aliphatic hydroxyl groups is 1. The van der Waals surface area contributed by atoms with E-state index in [9.17, 15) is 62.1 Å². The number of ether oxygens (including phenoxy) is 7. The van der Waals surface area contributed by atoms with Crippen LogP contribution in [-0.2, 0) is 75.4 Å². The van der Waals surface area contributed by atoms with Crippen molar-refractivity contribution in [1.29, 1.82) is 0 Å². The van der Waals surface area contributed by atoms with E-state index in [2.05, 4.69) is 43.3 Å². The van der Waals surface area contributed by atoms with Gasteiger partial charge in [-0.15, -0.1) is 11.8 Å². The highest BCUT2D eigenvalue weighted by atomic mass is 32.2. The number of carbonyl (C=O) groups excluding carboxylic acids is 8. The number of amides is 6. The fraction of sp³-hybridized carbons (Fsp3) is 0.541. The highest BCUT2D eigenvalue weighted by Crippen LogP contribution is 2.54. The molecule has 484 valence electrons. The van der Waals surface area contributed by atoms with Gasteiger partial charge in [-0.05, 0) is 63.0 Å². The number of nitrogens with one attached hydrogen (secondary N) is 7. The minimum absolute atomic E-state index is 0.0371. The number of phenolic OH excluding ortho intramolecular Hbond substituents is 2. The molecule has 7 aliphatic rings. The van der Waals surface area contributed by atoms with Crippen LogP contribution in [0.15, 0.2) is 48.5 Å². The van der Waals surface area contributed by atoms with Gasteiger partial charge < -0.3 is 75.1 Å². The summed E-state index contributed by atoms with van der Waals surface area (Å²) in [6.07, 6.45) is -4.05. The zero-order valence-corrected chi connectivity index (χ0v) is 50.8. The fourth-order valence-electron chi connectivity index (χ4n) is 12.9. The number of ketones is 2. The van der Waals surface area contributed by atoms with Gasteiger partial charge in [-0.3, -0.25) is 38.5 Å². The number of benzene rings is 3. The molecule has 3 aliphatic heterocycles. The Kier molecular flexibility index (Phi) is 20.1. The van der Waals surface area contributed by atoms with Crippen LogP contribution in [0.4, 0.5) is 4.79 Å². The molecule has 29 heteroatoms. The number of rotatable bonds is 23. The molecule has 12 atom stereocenters. The number of hydrogen-bond donors (Lipinski definition) is 10. The van der Waals surface area contributed by atoms with Crippen LogP contribution in [0.3, 0.4) is 0 Å². The Balaban J connectivity index is 0.738. The molecule has 3 saturated heterocycles. The molecule has 10 rings (SSSR count). The maximum absolute atomic E-state index is 14.3. The average molecular weight is 1270 g/mol. The minimum Gasteiger partial charge on any atom is -0.507 e. The Bertz CT molecular complexity index is 3450. The van der Waals surface area contributed by atoms with Crippen LogP contribution in [0.2, 0.25) is 0 Å². The summed E-state index contributed by atoms with van der Waals surface area (Å²) in [5, 5.41) is 49.1. The summed E-state index contributed by atoms with van der Waals surface area (Å²) in [5.74, 6) is -0.375. The molecule has 6 amide bonds. The van der Waals surface area contributed by atoms with E-state index in [-0.39, 0.29) is 78.6 Å². The summed E-state index contributed by atoms with van der Waals surface area (Å²) in [7, 11) is -3.22. The number of morpholine rings is 1. The second kappa shape index (κ2) is 27.8. The smallest absolute Gasteiger partial charge is 0.421 e. The molecule has 0 bridgehead atoms. The largest absolute Gasteiger partial charge is 0.507 e. The lowest BCUT2D eigenvalue weighted by Crippen LogP contribution is -2.56. The first-order valence-electron chi connectivity index (χ1n) is 30.0. The topological polar surface area (TPSA) is 383 Å². The highest BCUT2D eigenvalue weighted by molar-refractivity contribution is 7.88. The van der Waals surface area contributed by atoms with Gasteiger partial charge in [0.15, 0.2) is 24.6 Å². The number of fused-ring (bicyclic) bond motifs is 7. The molecule has 0 radical (unpaired) electrons. The van der Waals surface area contributed by atoms with Crippen LogP contribution < -0.4 is 40.8 Å². The first kappa shape index (κ1) is 65.2. The summed E-state index contributed by atoms with van der Waals surface area (Å²) in [4.78, 5) is 110. The molecule has 3 heterocycles. The van der Waals surface area contributed by atoms with Gasteiger partial charge in [-0.2, -0.15) is 13.1 Å². The van der Waals surface area contributed by atoms with E-state index in [0.717, 1.165) is 25.7 Å². The van der Waals surface area contributed by atoms with E-state index in [1.807, 2.05) is 18.6 Å². The van der Waals surface area contributed by atoms with E-state index in [1.165, 1.54) is 25.3 Å². The van der Waals surface area contributed by atoms with Crippen molar-refractivity contribution in [3.05, 3.63) is 87.5 Å². The quantitative estimate of drug-likeness (QED) is 0.0268. The van der Waals surface area contributed by atoms with Gasteiger partial charge in [0.2, 0.25) is 29.4 Å². The van der Waals surface area contributed by atoms with Crippen LogP contribution in [0.1, 0.15) is 114 Å². The van der Waals surface area contributed by atoms with Crippen LogP contribution in [-0.4, -0.2) is 190 Å². The van der Waals surface area contributed by atoms with E-state index in [4.69, 9.17) is 33.2 Å². The fourth-order valence-corrected chi connectivity index (χ4v) is 13.6. The molecule has 28 nitrogen and oxygen atoms in total. The van der Waals surface area contributed by atoms with Crippen LogP contribution in [0, 0.1) is 29.6 Å². The molecule has 1 saturated carbocycles. The molecule has 4 fully saturated rings. The second-order valence-corrected chi connectivity index (χ2v) is 25.0. The Morgan fingerprint density at radius 2 is 1.53 bits per heavy atom. The Morgan fingerprint density at radius 3 is 2.26 bits per heavy atom. The first-order valence-corrected chi connectivity index (χ1v) is 31.4. The zero-order chi connectivity index (χ0) is 64.2. The molecule has 4 aliphatic carbocycles. The summed E-state index contributed by atoms with van der Waals surface area (Å²) in [5.41, 5.74) is -3.51. The zero-order valence-electron chi connectivity index (χ0n) is 50.0. The van der Waals surface area contributed by atoms with Crippen molar-refractivity contribution < 1.29 is 95.3 Å². The summed E-state index contributed by atoms with van der Waals surface area (Å²) in [6, 6.07) is 11.3. The number of nitrogens with zero attached hydrogens (tertiary/aromatic N) is 1. The van der Waals surface area contributed by atoms with Crippen molar-refractivity contribution >= 4 is 57.4 Å². The van der Waals surface area contributed by atoms with Gasteiger partial charge in [0.25, 0.3) is 5.91 Å². The van der Waals surface area contributed by atoms with E-state index in [0.29, 0.717) is 30.6 Å². The third-order valence-corrected chi connectivity index (χ3v) is 18.2. The molecular weight excluding hydrogens is 1200 g/mol. The highest BCUT2D eigenvalue weighted by Gasteiger charge is 2.56. The van der Waals surface area contributed by atoms with Crippen LogP contribution in [0.5, 0.6) is 17.2 Å². The predicted molar refractivity (Wildman–Crippen MR) is 313 cm³/mol. The van der Waals surface area contributed by atoms with Gasteiger partial charge >= 0.3 is 16.3 Å². The molecule has 0 aromatic heterocycles. The molecule has 10 N–H and O–H groups in total. The van der Waals surface area contributed by atoms with E-state index < -0.39 is 161 Å². The third kappa shape index (κ3) is 14.5. The SMILES string of the molecule is COc1cccc2c1C(=O)c1c(O)c3c(c(O)c1C2=O)C[C@@](O)(C(=O)NCCNC(=O)CNC(=O)[C@H](Cc1ccccc1)NC(=O)CNC(=O)CNS(=O)(=O)NC(=O)OCC1[C@H]2CCC#CCC[C@@H]12)C[C@@H]3O[C@H]1C[C@H]2[C@H](O[C@@H]3[C@@H](OC(C)C)OCCN32)[C@H](C)O1.